The highest BCUT2D eigenvalue weighted by molar-refractivity contribution is 14.0. The van der Waals surface area contributed by atoms with E-state index in [1.165, 1.54) is 24.1 Å². The first-order chi connectivity index (χ1) is 15.0. The summed E-state index contributed by atoms with van der Waals surface area (Å²) in [5.41, 5.74) is 2.52. The van der Waals surface area contributed by atoms with Crippen LogP contribution in [0.3, 0.4) is 0 Å². The molecule has 1 aliphatic carbocycles. The molecule has 0 aromatic heterocycles. The van der Waals surface area contributed by atoms with E-state index >= 15 is 0 Å². The van der Waals surface area contributed by atoms with Crippen molar-refractivity contribution in [1.82, 2.24) is 15.5 Å². The van der Waals surface area contributed by atoms with Crippen molar-refractivity contribution in [2.75, 3.05) is 44.7 Å². The standard InChI is InChI=1S/C24H36ClN5O.HI/c1-17-7-8-20(25)13-22(17)29-11-9-18(15-29)14-27-24(26-2)28-21-10-12-30(16-21)23(31)19-5-3-4-6-19;/h7-8,13,18-19,21H,3-6,9-12,14-16H2,1-2H3,(H2,26,27,28);1H. The normalized spacial score (nSPS) is 24.0. The summed E-state index contributed by atoms with van der Waals surface area (Å²) in [6.07, 6.45) is 6.71. The van der Waals surface area contributed by atoms with Gasteiger partial charge >= 0.3 is 0 Å². The van der Waals surface area contributed by atoms with E-state index in [0.29, 0.717) is 11.8 Å². The van der Waals surface area contributed by atoms with Gasteiger partial charge in [-0.05, 0) is 56.2 Å². The van der Waals surface area contributed by atoms with Crippen LogP contribution in [0.5, 0.6) is 0 Å². The van der Waals surface area contributed by atoms with Crippen molar-refractivity contribution >= 4 is 53.1 Å². The Morgan fingerprint density at radius 2 is 1.94 bits per heavy atom. The minimum absolute atomic E-state index is 0. The molecule has 2 N–H and O–H groups in total. The van der Waals surface area contributed by atoms with Crippen LogP contribution in [-0.2, 0) is 4.79 Å². The summed E-state index contributed by atoms with van der Waals surface area (Å²) in [5.74, 6) is 2.05. The number of anilines is 1. The molecule has 1 aromatic carbocycles. The van der Waals surface area contributed by atoms with Gasteiger partial charge in [-0.25, -0.2) is 0 Å². The molecule has 2 aliphatic heterocycles. The summed E-state index contributed by atoms with van der Waals surface area (Å²) < 4.78 is 0. The van der Waals surface area contributed by atoms with E-state index < -0.39 is 0 Å². The number of nitrogens with zero attached hydrogens (tertiary/aromatic N) is 3. The molecule has 0 radical (unpaired) electrons. The van der Waals surface area contributed by atoms with Crippen molar-refractivity contribution in [2.45, 2.75) is 51.5 Å². The second-order valence-corrected chi connectivity index (χ2v) is 9.82. The third-order valence-electron chi connectivity index (χ3n) is 7.12. The number of guanidine groups is 1. The molecule has 6 nitrogen and oxygen atoms in total. The van der Waals surface area contributed by atoms with Crippen LogP contribution in [-0.4, -0.2) is 62.6 Å². The highest BCUT2D eigenvalue weighted by atomic mass is 127. The average Bonchev–Trinajstić information content (AvgIpc) is 3.54. The van der Waals surface area contributed by atoms with Crippen LogP contribution in [0.2, 0.25) is 5.02 Å². The molecule has 2 heterocycles. The van der Waals surface area contributed by atoms with Gasteiger partial charge in [0.2, 0.25) is 5.91 Å². The number of carbonyl (C=O) groups is 1. The number of likely N-dealkylation sites (tertiary alicyclic amines) is 1. The van der Waals surface area contributed by atoms with E-state index in [1.807, 2.05) is 13.1 Å². The van der Waals surface area contributed by atoms with Crippen LogP contribution < -0.4 is 15.5 Å². The zero-order valence-electron chi connectivity index (χ0n) is 19.3. The maximum absolute atomic E-state index is 12.7. The van der Waals surface area contributed by atoms with E-state index in [4.69, 9.17) is 11.6 Å². The van der Waals surface area contributed by atoms with E-state index in [2.05, 4.69) is 44.5 Å². The number of nitrogens with one attached hydrogen (secondary N) is 2. The van der Waals surface area contributed by atoms with Gasteiger partial charge in [0.25, 0.3) is 0 Å². The molecule has 32 heavy (non-hydrogen) atoms. The second kappa shape index (κ2) is 11.8. The summed E-state index contributed by atoms with van der Waals surface area (Å²) in [4.78, 5) is 21.6. The molecular formula is C24H37ClIN5O. The summed E-state index contributed by atoms with van der Waals surface area (Å²) >= 11 is 6.21. The Labute approximate surface area is 214 Å². The van der Waals surface area contributed by atoms with Crippen molar-refractivity contribution in [3.63, 3.8) is 0 Å². The lowest BCUT2D eigenvalue weighted by molar-refractivity contribution is -0.134. The van der Waals surface area contributed by atoms with Gasteiger partial charge < -0.3 is 20.4 Å². The molecular weight excluding hydrogens is 537 g/mol. The van der Waals surface area contributed by atoms with Crippen molar-refractivity contribution in [2.24, 2.45) is 16.8 Å². The first-order valence-electron chi connectivity index (χ1n) is 11.8. The fraction of sp³-hybridized carbons (Fsp3) is 0.667. The van der Waals surface area contributed by atoms with Crippen molar-refractivity contribution in [3.8, 4) is 0 Å². The fourth-order valence-corrected chi connectivity index (χ4v) is 5.45. The van der Waals surface area contributed by atoms with Gasteiger partial charge in [-0.1, -0.05) is 30.5 Å². The Bertz CT molecular complexity index is 814. The molecule has 0 bridgehead atoms. The van der Waals surface area contributed by atoms with Crippen LogP contribution in [0.1, 0.15) is 44.1 Å². The SMILES string of the molecule is CN=C(NCC1CCN(c2cc(Cl)ccc2C)C1)NC1CCN(C(=O)C2CCCC2)C1.I. The number of aliphatic imine (C=N–C) groups is 1. The number of hydrogen-bond acceptors (Lipinski definition) is 3. The Hall–Kier alpha value is -1.22. The van der Waals surface area contributed by atoms with Crippen molar-refractivity contribution in [3.05, 3.63) is 28.8 Å². The number of aryl methyl sites for hydroxylation is 1. The molecule has 4 rings (SSSR count). The molecule has 1 aromatic rings. The van der Waals surface area contributed by atoms with Gasteiger partial charge in [0, 0.05) is 62.4 Å². The Morgan fingerprint density at radius 1 is 1.16 bits per heavy atom. The second-order valence-electron chi connectivity index (χ2n) is 9.38. The zero-order chi connectivity index (χ0) is 21.8. The molecule has 178 valence electrons. The highest BCUT2D eigenvalue weighted by Crippen LogP contribution is 2.29. The highest BCUT2D eigenvalue weighted by Gasteiger charge is 2.32. The lowest BCUT2D eigenvalue weighted by Gasteiger charge is -2.23. The largest absolute Gasteiger partial charge is 0.371 e. The number of carbonyl (C=O) groups excluding carboxylic acids is 1. The predicted octanol–water partition coefficient (Wildman–Crippen LogP) is 4.05. The van der Waals surface area contributed by atoms with Gasteiger partial charge in [0.05, 0.1) is 0 Å². The van der Waals surface area contributed by atoms with Crippen LogP contribution in [0.4, 0.5) is 5.69 Å². The maximum Gasteiger partial charge on any atom is 0.225 e. The minimum atomic E-state index is 0. The smallest absolute Gasteiger partial charge is 0.225 e. The van der Waals surface area contributed by atoms with Crippen LogP contribution in [0.15, 0.2) is 23.2 Å². The summed E-state index contributed by atoms with van der Waals surface area (Å²) in [5, 5.41) is 7.85. The lowest BCUT2D eigenvalue weighted by atomic mass is 10.1. The third-order valence-corrected chi connectivity index (χ3v) is 7.36. The van der Waals surface area contributed by atoms with Gasteiger partial charge in [-0.2, -0.15) is 0 Å². The first kappa shape index (κ1) is 25.4. The molecule has 8 heteroatoms. The number of hydrogen-bond donors (Lipinski definition) is 2. The van der Waals surface area contributed by atoms with Gasteiger partial charge in [0.1, 0.15) is 0 Å². The molecule has 1 amide bonds. The maximum atomic E-state index is 12.7. The van der Waals surface area contributed by atoms with E-state index in [-0.39, 0.29) is 35.9 Å². The Balaban J connectivity index is 0.00000289. The quantitative estimate of drug-likeness (QED) is 0.317. The number of benzene rings is 1. The Kier molecular flexibility index (Phi) is 9.34. The van der Waals surface area contributed by atoms with Crippen LogP contribution >= 0.6 is 35.6 Å². The molecule has 1 saturated carbocycles. The van der Waals surface area contributed by atoms with E-state index in [9.17, 15) is 4.79 Å². The lowest BCUT2D eigenvalue weighted by Crippen LogP contribution is -2.46. The average molecular weight is 574 g/mol. The summed E-state index contributed by atoms with van der Waals surface area (Å²) in [6, 6.07) is 6.41. The fourth-order valence-electron chi connectivity index (χ4n) is 5.28. The minimum Gasteiger partial charge on any atom is -0.371 e. The zero-order valence-corrected chi connectivity index (χ0v) is 22.4. The Morgan fingerprint density at radius 3 is 2.69 bits per heavy atom. The number of amides is 1. The number of halogens is 2. The van der Waals surface area contributed by atoms with E-state index in [0.717, 1.165) is 69.4 Å². The first-order valence-corrected chi connectivity index (χ1v) is 12.2. The van der Waals surface area contributed by atoms with Crippen LogP contribution in [0, 0.1) is 18.8 Å². The van der Waals surface area contributed by atoms with Gasteiger partial charge in [-0.3, -0.25) is 9.79 Å². The van der Waals surface area contributed by atoms with Crippen molar-refractivity contribution < 1.29 is 4.79 Å². The van der Waals surface area contributed by atoms with E-state index in [1.54, 1.807) is 0 Å². The molecule has 2 saturated heterocycles. The molecule has 3 fully saturated rings. The molecule has 2 atom stereocenters. The van der Waals surface area contributed by atoms with Gasteiger partial charge in [0.15, 0.2) is 5.96 Å². The van der Waals surface area contributed by atoms with Gasteiger partial charge in [-0.15, -0.1) is 24.0 Å². The van der Waals surface area contributed by atoms with Crippen LogP contribution in [0.25, 0.3) is 0 Å². The molecule has 2 unspecified atom stereocenters. The van der Waals surface area contributed by atoms with Crippen molar-refractivity contribution in [1.29, 1.82) is 0 Å². The predicted molar refractivity (Wildman–Crippen MR) is 143 cm³/mol. The topological polar surface area (TPSA) is 60.0 Å². The summed E-state index contributed by atoms with van der Waals surface area (Å²) in [6.45, 7) is 6.78. The third kappa shape index (κ3) is 6.22. The monoisotopic (exact) mass is 573 g/mol. The molecule has 0 spiro atoms. The summed E-state index contributed by atoms with van der Waals surface area (Å²) in [7, 11) is 1.82. The molecule has 3 aliphatic rings. The number of rotatable bonds is 5.